The number of aromatic nitrogens is 4. The molecule has 3 rings (SSSR count). The Bertz CT molecular complexity index is 666. The first kappa shape index (κ1) is 11.7. The second-order valence-electron chi connectivity index (χ2n) is 3.84. The third kappa shape index (κ3) is 2.58. The highest BCUT2D eigenvalue weighted by Crippen LogP contribution is 2.29. The highest BCUT2D eigenvalue weighted by Gasteiger charge is 2.11. The molecular weight excluding hydrogens is 258 g/mol. The molecule has 0 spiro atoms. The van der Waals surface area contributed by atoms with Crippen molar-refractivity contribution < 1.29 is 0 Å². The predicted octanol–water partition coefficient (Wildman–Crippen LogP) is 3.05. The molecule has 0 aliphatic heterocycles. The lowest BCUT2D eigenvalue weighted by molar-refractivity contribution is 1.16. The third-order valence-corrected chi connectivity index (χ3v) is 3.37. The zero-order valence-corrected chi connectivity index (χ0v) is 11.1. The van der Waals surface area contributed by atoms with Crippen LogP contribution in [0.5, 0.6) is 0 Å². The fourth-order valence-corrected chi connectivity index (χ4v) is 2.47. The molecule has 3 aromatic heterocycles. The Balaban J connectivity index is 1.90. The Hall–Kier alpha value is -2.34. The topological polar surface area (TPSA) is 63.6 Å². The fraction of sp³-hybridized carbons (Fsp3) is 0.0769. The minimum atomic E-state index is 0.545. The highest BCUT2D eigenvalue weighted by atomic mass is 32.1. The second kappa shape index (κ2) is 5.11. The van der Waals surface area contributed by atoms with Gasteiger partial charge in [0.05, 0.1) is 5.69 Å². The molecule has 0 atom stereocenters. The van der Waals surface area contributed by atoms with E-state index in [4.69, 9.17) is 0 Å². The van der Waals surface area contributed by atoms with Gasteiger partial charge in [0.15, 0.2) is 5.13 Å². The molecule has 0 aromatic carbocycles. The van der Waals surface area contributed by atoms with Crippen molar-refractivity contribution in [1.82, 2.24) is 19.9 Å². The van der Waals surface area contributed by atoms with Gasteiger partial charge in [0.2, 0.25) is 5.95 Å². The first-order chi connectivity index (χ1) is 9.33. The van der Waals surface area contributed by atoms with Gasteiger partial charge in [0.1, 0.15) is 5.69 Å². The Labute approximate surface area is 114 Å². The molecule has 19 heavy (non-hydrogen) atoms. The smallest absolute Gasteiger partial charge is 0.228 e. The largest absolute Gasteiger partial charge is 0.300 e. The van der Waals surface area contributed by atoms with Gasteiger partial charge in [-0.15, -0.1) is 11.3 Å². The number of pyridine rings is 1. The summed E-state index contributed by atoms with van der Waals surface area (Å²) in [6, 6.07) is 7.57. The summed E-state index contributed by atoms with van der Waals surface area (Å²) in [5.74, 6) is 0.545. The van der Waals surface area contributed by atoms with Gasteiger partial charge < -0.3 is 5.32 Å². The Morgan fingerprint density at radius 1 is 1.00 bits per heavy atom. The number of hydrogen-bond acceptors (Lipinski definition) is 6. The second-order valence-corrected chi connectivity index (χ2v) is 5.04. The Morgan fingerprint density at radius 3 is 2.53 bits per heavy atom. The van der Waals surface area contributed by atoms with Crippen LogP contribution in [0.1, 0.15) is 4.88 Å². The summed E-state index contributed by atoms with van der Waals surface area (Å²) >= 11 is 1.56. The molecule has 1 N–H and O–H groups in total. The van der Waals surface area contributed by atoms with Crippen LogP contribution in [0.3, 0.4) is 0 Å². The van der Waals surface area contributed by atoms with E-state index < -0.39 is 0 Å². The van der Waals surface area contributed by atoms with E-state index >= 15 is 0 Å². The zero-order chi connectivity index (χ0) is 13.1. The van der Waals surface area contributed by atoms with Crippen molar-refractivity contribution in [2.75, 3.05) is 5.32 Å². The summed E-state index contributed by atoms with van der Waals surface area (Å²) in [6.07, 6.45) is 5.15. The van der Waals surface area contributed by atoms with E-state index in [0.29, 0.717) is 5.95 Å². The van der Waals surface area contributed by atoms with Crippen molar-refractivity contribution in [3.05, 3.63) is 47.7 Å². The lowest BCUT2D eigenvalue weighted by Gasteiger charge is -1.98. The van der Waals surface area contributed by atoms with Crippen LogP contribution in [-0.4, -0.2) is 19.9 Å². The van der Waals surface area contributed by atoms with Crippen molar-refractivity contribution in [3.8, 4) is 11.4 Å². The highest BCUT2D eigenvalue weighted by molar-refractivity contribution is 7.16. The van der Waals surface area contributed by atoms with Crippen LogP contribution < -0.4 is 5.32 Å². The van der Waals surface area contributed by atoms with Crippen LogP contribution in [0.2, 0.25) is 0 Å². The van der Waals surface area contributed by atoms with Gasteiger partial charge >= 0.3 is 0 Å². The summed E-state index contributed by atoms with van der Waals surface area (Å²) in [5.41, 5.74) is 1.77. The van der Waals surface area contributed by atoms with Crippen LogP contribution >= 0.6 is 11.3 Å². The van der Waals surface area contributed by atoms with Gasteiger partial charge in [-0.05, 0) is 25.1 Å². The Kier molecular flexibility index (Phi) is 3.16. The van der Waals surface area contributed by atoms with E-state index in [-0.39, 0.29) is 0 Å². The summed E-state index contributed by atoms with van der Waals surface area (Å²) < 4.78 is 0. The quantitative estimate of drug-likeness (QED) is 0.791. The number of hydrogen-bond donors (Lipinski definition) is 1. The molecule has 0 aliphatic rings. The molecule has 0 saturated carbocycles. The van der Waals surface area contributed by atoms with E-state index in [1.165, 1.54) is 0 Å². The van der Waals surface area contributed by atoms with Crippen molar-refractivity contribution in [2.45, 2.75) is 6.92 Å². The van der Waals surface area contributed by atoms with E-state index in [1.807, 2.05) is 25.1 Å². The summed E-state index contributed by atoms with van der Waals surface area (Å²) in [4.78, 5) is 18.2. The molecule has 3 heterocycles. The number of thiazole rings is 1. The van der Waals surface area contributed by atoms with Crippen molar-refractivity contribution in [2.24, 2.45) is 0 Å². The molecule has 0 fully saturated rings. The fourth-order valence-electron chi connectivity index (χ4n) is 1.65. The van der Waals surface area contributed by atoms with Crippen LogP contribution in [0.15, 0.2) is 42.9 Å². The standard InChI is InChI=1S/C13H11N5S/c1-9-11(10-5-2-3-6-14-10)17-13(19-9)18-12-15-7-4-8-16-12/h2-8H,1H3,(H,15,16,17,18). The van der Waals surface area contributed by atoms with E-state index in [0.717, 1.165) is 21.4 Å². The average Bonchev–Trinajstić information content (AvgIpc) is 2.82. The molecule has 94 valence electrons. The number of nitrogens with one attached hydrogen (secondary N) is 1. The molecule has 0 saturated heterocycles. The normalized spacial score (nSPS) is 10.4. The molecule has 0 radical (unpaired) electrons. The van der Waals surface area contributed by atoms with Crippen LogP contribution in [0.25, 0.3) is 11.4 Å². The summed E-state index contributed by atoms with van der Waals surface area (Å²) in [5, 5.41) is 3.86. The molecule has 3 aromatic rings. The van der Waals surface area contributed by atoms with E-state index in [2.05, 4.69) is 25.3 Å². The molecular formula is C13H11N5S. The van der Waals surface area contributed by atoms with Gasteiger partial charge in [0, 0.05) is 23.5 Å². The zero-order valence-electron chi connectivity index (χ0n) is 10.2. The first-order valence-corrected chi connectivity index (χ1v) is 6.57. The lowest BCUT2D eigenvalue weighted by Crippen LogP contribution is -1.95. The minimum absolute atomic E-state index is 0.545. The van der Waals surface area contributed by atoms with Crippen LogP contribution in [-0.2, 0) is 0 Å². The minimum Gasteiger partial charge on any atom is -0.300 e. The van der Waals surface area contributed by atoms with E-state index in [1.54, 1.807) is 36.0 Å². The van der Waals surface area contributed by atoms with Gasteiger partial charge in [-0.25, -0.2) is 15.0 Å². The van der Waals surface area contributed by atoms with Crippen molar-refractivity contribution in [1.29, 1.82) is 0 Å². The monoisotopic (exact) mass is 269 g/mol. The molecule has 0 bridgehead atoms. The molecule has 0 unspecified atom stereocenters. The molecule has 0 aliphatic carbocycles. The predicted molar refractivity (Wildman–Crippen MR) is 75.4 cm³/mol. The number of anilines is 2. The maximum absolute atomic E-state index is 4.54. The van der Waals surface area contributed by atoms with Crippen molar-refractivity contribution >= 4 is 22.4 Å². The number of aryl methyl sites for hydroxylation is 1. The maximum Gasteiger partial charge on any atom is 0.228 e. The average molecular weight is 269 g/mol. The van der Waals surface area contributed by atoms with Crippen LogP contribution in [0, 0.1) is 6.92 Å². The van der Waals surface area contributed by atoms with Gasteiger partial charge in [-0.3, -0.25) is 4.98 Å². The first-order valence-electron chi connectivity index (χ1n) is 5.76. The molecule has 6 heteroatoms. The summed E-state index contributed by atoms with van der Waals surface area (Å²) in [7, 11) is 0. The van der Waals surface area contributed by atoms with Gasteiger partial charge in [0.25, 0.3) is 0 Å². The molecule has 0 amide bonds. The van der Waals surface area contributed by atoms with Crippen molar-refractivity contribution in [3.63, 3.8) is 0 Å². The Morgan fingerprint density at radius 2 is 1.79 bits per heavy atom. The maximum atomic E-state index is 4.54. The SMILES string of the molecule is Cc1sc(Nc2ncccn2)nc1-c1ccccn1. The number of nitrogens with zero attached hydrogens (tertiary/aromatic N) is 4. The third-order valence-electron chi connectivity index (χ3n) is 2.49. The van der Waals surface area contributed by atoms with Gasteiger partial charge in [-0.2, -0.15) is 0 Å². The van der Waals surface area contributed by atoms with Crippen LogP contribution in [0.4, 0.5) is 11.1 Å². The summed E-state index contributed by atoms with van der Waals surface area (Å²) in [6.45, 7) is 2.03. The lowest BCUT2D eigenvalue weighted by atomic mass is 10.2. The molecule has 5 nitrogen and oxygen atoms in total. The van der Waals surface area contributed by atoms with E-state index in [9.17, 15) is 0 Å². The number of rotatable bonds is 3. The van der Waals surface area contributed by atoms with Gasteiger partial charge in [-0.1, -0.05) is 6.07 Å².